The van der Waals surface area contributed by atoms with E-state index in [0.717, 1.165) is 10.8 Å². The molecule has 0 saturated heterocycles. The van der Waals surface area contributed by atoms with Crippen LogP contribution >= 0.6 is 0 Å². The van der Waals surface area contributed by atoms with Crippen LogP contribution < -0.4 is 10.6 Å². The fourth-order valence-electron chi connectivity index (χ4n) is 1.91. The molecule has 0 aliphatic heterocycles. The van der Waals surface area contributed by atoms with Crippen LogP contribution in [0.25, 0.3) is 10.8 Å². The van der Waals surface area contributed by atoms with Crippen LogP contribution in [0, 0.1) is 0 Å². The van der Waals surface area contributed by atoms with Crippen LogP contribution in [-0.2, 0) is 4.74 Å². The molecule has 2 N–H and O–H groups in total. The molecular formula is C15H17N3O3. The molecule has 1 aromatic heterocycles. The average molecular weight is 287 g/mol. The summed E-state index contributed by atoms with van der Waals surface area (Å²) in [4.78, 5) is 27.3. The molecule has 1 heterocycles. The van der Waals surface area contributed by atoms with Crippen molar-refractivity contribution in [2.45, 2.75) is 6.92 Å². The molecular weight excluding hydrogens is 270 g/mol. The molecule has 0 bridgehead atoms. The van der Waals surface area contributed by atoms with E-state index in [-0.39, 0.29) is 5.91 Å². The number of hydrogen-bond acceptors (Lipinski definition) is 4. The van der Waals surface area contributed by atoms with Crippen molar-refractivity contribution in [3.63, 3.8) is 0 Å². The van der Waals surface area contributed by atoms with Gasteiger partial charge in [-0.05, 0) is 18.4 Å². The second-order valence-corrected chi connectivity index (χ2v) is 4.28. The lowest BCUT2D eigenvalue weighted by Crippen LogP contribution is -2.35. The Kier molecular flexibility index (Phi) is 5.09. The maximum absolute atomic E-state index is 12.1. The Balaban J connectivity index is 1.92. The third-order valence-corrected chi connectivity index (χ3v) is 2.84. The number of aromatic nitrogens is 1. The van der Waals surface area contributed by atoms with Crippen molar-refractivity contribution in [3.8, 4) is 0 Å². The number of alkyl carbamates (subject to hydrolysis) is 1. The van der Waals surface area contributed by atoms with Gasteiger partial charge in [-0.1, -0.05) is 24.3 Å². The number of benzene rings is 1. The highest BCUT2D eigenvalue weighted by Crippen LogP contribution is 2.15. The monoisotopic (exact) mass is 287 g/mol. The van der Waals surface area contributed by atoms with E-state index in [1.807, 2.05) is 30.3 Å². The van der Waals surface area contributed by atoms with Gasteiger partial charge in [0.1, 0.15) is 5.69 Å². The first-order valence-electron chi connectivity index (χ1n) is 6.75. The third kappa shape index (κ3) is 3.92. The number of pyridine rings is 1. The number of rotatable bonds is 5. The Morgan fingerprint density at radius 2 is 1.90 bits per heavy atom. The maximum Gasteiger partial charge on any atom is 0.407 e. The second kappa shape index (κ2) is 7.23. The SMILES string of the molecule is CCOC(=O)NCCNC(=O)c1nccc2ccccc12. The Hall–Kier alpha value is -2.63. The van der Waals surface area contributed by atoms with Gasteiger partial charge in [0.2, 0.25) is 0 Å². The lowest BCUT2D eigenvalue weighted by Gasteiger charge is -2.08. The maximum atomic E-state index is 12.1. The quantitative estimate of drug-likeness (QED) is 0.820. The zero-order chi connectivity index (χ0) is 15.1. The van der Waals surface area contributed by atoms with Crippen molar-refractivity contribution in [3.05, 3.63) is 42.2 Å². The molecule has 0 unspecified atom stereocenters. The third-order valence-electron chi connectivity index (χ3n) is 2.84. The van der Waals surface area contributed by atoms with Crippen molar-refractivity contribution < 1.29 is 14.3 Å². The first kappa shape index (κ1) is 14.8. The van der Waals surface area contributed by atoms with E-state index in [2.05, 4.69) is 15.6 Å². The van der Waals surface area contributed by atoms with Gasteiger partial charge in [-0.25, -0.2) is 4.79 Å². The molecule has 0 aliphatic carbocycles. The first-order valence-corrected chi connectivity index (χ1v) is 6.75. The number of carbonyl (C=O) groups excluding carboxylic acids is 2. The second-order valence-electron chi connectivity index (χ2n) is 4.28. The van der Waals surface area contributed by atoms with Gasteiger partial charge in [-0.15, -0.1) is 0 Å². The molecule has 0 radical (unpaired) electrons. The molecule has 110 valence electrons. The van der Waals surface area contributed by atoms with Crippen molar-refractivity contribution in [1.29, 1.82) is 0 Å². The highest BCUT2D eigenvalue weighted by atomic mass is 16.5. The lowest BCUT2D eigenvalue weighted by molar-refractivity contribution is 0.0949. The van der Waals surface area contributed by atoms with Crippen LogP contribution in [0.4, 0.5) is 4.79 Å². The molecule has 0 fully saturated rings. The normalized spacial score (nSPS) is 10.1. The van der Waals surface area contributed by atoms with E-state index in [9.17, 15) is 9.59 Å². The van der Waals surface area contributed by atoms with Crippen molar-refractivity contribution in [1.82, 2.24) is 15.6 Å². The molecule has 2 rings (SSSR count). The van der Waals surface area contributed by atoms with E-state index in [1.165, 1.54) is 0 Å². The van der Waals surface area contributed by atoms with Gasteiger partial charge in [0.05, 0.1) is 6.61 Å². The van der Waals surface area contributed by atoms with Crippen LogP contribution in [0.1, 0.15) is 17.4 Å². The number of nitrogens with one attached hydrogen (secondary N) is 2. The van der Waals surface area contributed by atoms with E-state index >= 15 is 0 Å². The molecule has 2 amide bonds. The van der Waals surface area contributed by atoms with Crippen molar-refractivity contribution in [2.24, 2.45) is 0 Å². The molecule has 6 heteroatoms. The standard InChI is InChI=1S/C15H17N3O3/c1-2-21-15(20)18-10-9-17-14(19)13-12-6-4-3-5-11(12)7-8-16-13/h3-8H,2,9-10H2,1H3,(H,17,19)(H,18,20). The first-order chi connectivity index (χ1) is 10.2. The van der Waals surface area contributed by atoms with E-state index in [4.69, 9.17) is 4.74 Å². The smallest absolute Gasteiger partial charge is 0.407 e. The average Bonchev–Trinajstić information content (AvgIpc) is 2.51. The fourth-order valence-corrected chi connectivity index (χ4v) is 1.91. The molecule has 0 aliphatic rings. The summed E-state index contributed by atoms with van der Waals surface area (Å²) >= 11 is 0. The Labute approximate surface area is 122 Å². The molecule has 1 aromatic carbocycles. The number of ether oxygens (including phenoxy) is 1. The number of amides is 2. The van der Waals surface area contributed by atoms with Gasteiger partial charge in [0, 0.05) is 24.7 Å². The number of carbonyl (C=O) groups is 2. The van der Waals surface area contributed by atoms with Crippen LogP contribution in [0.15, 0.2) is 36.5 Å². The Morgan fingerprint density at radius 3 is 2.71 bits per heavy atom. The largest absolute Gasteiger partial charge is 0.450 e. The molecule has 2 aromatic rings. The highest BCUT2D eigenvalue weighted by Gasteiger charge is 2.10. The Morgan fingerprint density at radius 1 is 1.14 bits per heavy atom. The van der Waals surface area contributed by atoms with Gasteiger partial charge in [-0.2, -0.15) is 0 Å². The summed E-state index contributed by atoms with van der Waals surface area (Å²) in [6.07, 6.45) is 1.11. The van der Waals surface area contributed by atoms with E-state index < -0.39 is 6.09 Å². The summed E-state index contributed by atoms with van der Waals surface area (Å²) in [5.41, 5.74) is 0.379. The van der Waals surface area contributed by atoms with Gasteiger partial charge in [0.15, 0.2) is 0 Å². The van der Waals surface area contributed by atoms with Gasteiger partial charge in [-0.3, -0.25) is 9.78 Å². The van der Waals surface area contributed by atoms with Crippen LogP contribution in [-0.4, -0.2) is 36.7 Å². The van der Waals surface area contributed by atoms with Gasteiger partial charge in [0.25, 0.3) is 5.91 Å². The summed E-state index contributed by atoms with van der Waals surface area (Å²) in [7, 11) is 0. The van der Waals surface area contributed by atoms with E-state index in [0.29, 0.717) is 25.4 Å². The predicted molar refractivity (Wildman–Crippen MR) is 79.1 cm³/mol. The zero-order valence-corrected chi connectivity index (χ0v) is 11.8. The number of fused-ring (bicyclic) bond motifs is 1. The summed E-state index contributed by atoms with van der Waals surface area (Å²) in [6.45, 7) is 2.66. The Bertz CT molecular complexity index is 638. The molecule has 0 spiro atoms. The summed E-state index contributed by atoms with van der Waals surface area (Å²) in [6, 6.07) is 9.41. The number of nitrogens with zero attached hydrogens (tertiary/aromatic N) is 1. The molecule has 0 saturated carbocycles. The fraction of sp³-hybridized carbons (Fsp3) is 0.267. The predicted octanol–water partition coefficient (Wildman–Crippen LogP) is 1.71. The molecule has 0 atom stereocenters. The van der Waals surface area contributed by atoms with Crippen LogP contribution in [0.5, 0.6) is 0 Å². The number of hydrogen-bond donors (Lipinski definition) is 2. The molecule has 21 heavy (non-hydrogen) atoms. The van der Waals surface area contributed by atoms with Crippen LogP contribution in [0.3, 0.4) is 0 Å². The van der Waals surface area contributed by atoms with Crippen molar-refractivity contribution in [2.75, 3.05) is 19.7 Å². The van der Waals surface area contributed by atoms with Crippen molar-refractivity contribution >= 4 is 22.8 Å². The lowest BCUT2D eigenvalue weighted by atomic mass is 10.1. The topological polar surface area (TPSA) is 80.3 Å². The minimum atomic E-state index is -0.491. The van der Waals surface area contributed by atoms with E-state index in [1.54, 1.807) is 13.1 Å². The van der Waals surface area contributed by atoms with Crippen LogP contribution in [0.2, 0.25) is 0 Å². The molecule has 6 nitrogen and oxygen atoms in total. The minimum absolute atomic E-state index is 0.266. The minimum Gasteiger partial charge on any atom is -0.450 e. The zero-order valence-electron chi connectivity index (χ0n) is 11.8. The van der Waals surface area contributed by atoms with Gasteiger partial charge < -0.3 is 15.4 Å². The summed E-state index contributed by atoms with van der Waals surface area (Å²) < 4.78 is 4.72. The summed E-state index contributed by atoms with van der Waals surface area (Å²) in [5.74, 6) is -0.266. The highest BCUT2D eigenvalue weighted by molar-refractivity contribution is 6.05. The summed E-state index contributed by atoms with van der Waals surface area (Å²) in [5, 5.41) is 7.01. The van der Waals surface area contributed by atoms with Gasteiger partial charge >= 0.3 is 6.09 Å².